The molecule has 6 heteroatoms. The van der Waals surface area contributed by atoms with E-state index in [0.717, 1.165) is 37.1 Å². The standard InChI is InChI=1S/C20H19FN4O/c1-24-13-15(10-18(24)20(26)25-7-2-3-8-25)16-11-22-19(23-12-16)14-5-4-6-17(21)9-14/h4-6,9-13H,2-3,7-8H2,1H3. The summed E-state index contributed by atoms with van der Waals surface area (Å²) in [5, 5.41) is 0. The summed E-state index contributed by atoms with van der Waals surface area (Å²) in [6, 6.07) is 8.08. The van der Waals surface area contributed by atoms with Crippen LogP contribution in [-0.2, 0) is 7.05 Å². The van der Waals surface area contributed by atoms with Crippen LogP contribution < -0.4 is 0 Å². The van der Waals surface area contributed by atoms with Crippen molar-refractivity contribution >= 4 is 5.91 Å². The highest BCUT2D eigenvalue weighted by Crippen LogP contribution is 2.24. The van der Waals surface area contributed by atoms with Gasteiger partial charge in [-0.3, -0.25) is 4.79 Å². The van der Waals surface area contributed by atoms with Gasteiger partial charge in [-0.05, 0) is 31.0 Å². The summed E-state index contributed by atoms with van der Waals surface area (Å²) in [4.78, 5) is 23.2. The van der Waals surface area contributed by atoms with Crippen LogP contribution in [0.4, 0.5) is 4.39 Å². The zero-order valence-corrected chi connectivity index (χ0v) is 14.5. The van der Waals surface area contributed by atoms with Gasteiger partial charge in [0.2, 0.25) is 0 Å². The predicted molar refractivity (Wildman–Crippen MR) is 97.0 cm³/mol. The van der Waals surface area contributed by atoms with E-state index in [4.69, 9.17) is 0 Å². The Kier molecular flexibility index (Phi) is 4.24. The number of rotatable bonds is 3. The molecule has 0 saturated carbocycles. The summed E-state index contributed by atoms with van der Waals surface area (Å²) in [5.74, 6) is 0.217. The molecule has 1 fully saturated rings. The Labute approximate surface area is 151 Å². The van der Waals surface area contributed by atoms with E-state index in [1.807, 2.05) is 28.8 Å². The van der Waals surface area contributed by atoms with Gasteiger partial charge >= 0.3 is 0 Å². The fraction of sp³-hybridized carbons (Fsp3) is 0.250. The number of amides is 1. The van der Waals surface area contributed by atoms with Crippen LogP contribution in [0.5, 0.6) is 0 Å². The van der Waals surface area contributed by atoms with Gasteiger partial charge in [0.25, 0.3) is 5.91 Å². The van der Waals surface area contributed by atoms with Crippen LogP contribution in [0, 0.1) is 5.82 Å². The van der Waals surface area contributed by atoms with Gasteiger partial charge in [-0.1, -0.05) is 12.1 Å². The lowest BCUT2D eigenvalue weighted by atomic mass is 10.1. The second kappa shape index (κ2) is 6.71. The van der Waals surface area contributed by atoms with Crippen LogP contribution in [0.1, 0.15) is 23.3 Å². The maximum atomic E-state index is 13.4. The molecule has 132 valence electrons. The number of benzene rings is 1. The average Bonchev–Trinajstić information content (AvgIpc) is 3.31. The second-order valence-corrected chi connectivity index (χ2v) is 6.53. The minimum Gasteiger partial charge on any atom is -0.346 e. The number of aryl methyl sites for hydroxylation is 1. The Morgan fingerprint density at radius 3 is 2.46 bits per heavy atom. The first-order valence-corrected chi connectivity index (χ1v) is 8.66. The molecule has 3 aromatic rings. The highest BCUT2D eigenvalue weighted by molar-refractivity contribution is 5.94. The van der Waals surface area contributed by atoms with Gasteiger partial charge in [0.15, 0.2) is 5.82 Å². The summed E-state index contributed by atoms with van der Waals surface area (Å²) in [7, 11) is 1.87. The molecule has 2 aromatic heterocycles. The summed E-state index contributed by atoms with van der Waals surface area (Å²) in [5.41, 5.74) is 3.01. The van der Waals surface area contributed by atoms with Gasteiger partial charge in [0.1, 0.15) is 11.5 Å². The van der Waals surface area contributed by atoms with Crippen molar-refractivity contribution in [1.82, 2.24) is 19.4 Å². The number of carbonyl (C=O) groups excluding carboxylic acids is 1. The van der Waals surface area contributed by atoms with Crippen molar-refractivity contribution in [2.45, 2.75) is 12.8 Å². The Morgan fingerprint density at radius 2 is 1.77 bits per heavy atom. The number of halogens is 1. The number of likely N-dealkylation sites (tertiary alicyclic amines) is 1. The monoisotopic (exact) mass is 350 g/mol. The molecule has 1 saturated heterocycles. The molecular formula is C20H19FN4O. The lowest BCUT2D eigenvalue weighted by molar-refractivity contribution is 0.0783. The quantitative estimate of drug-likeness (QED) is 0.726. The zero-order valence-electron chi connectivity index (χ0n) is 14.5. The molecule has 1 amide bonds. The molecule has 0 bridgehead atoms. The number of hydrogen-bond acceptors (Lipinski definition) is 3. The van der Waals surface area contributed by atoms with Gasteiger partial charge in [-0.15, -0.1) is 0 Å². The number of hydrogen-bond donors (Lipinski definition) is 0. The Balaban J connectivity index is 1.60. The molecule has 0 N–H and O–H groups in total. The third-order valence-electron chi connectivity index (χ3n) is 4.69. The molecular weight excluding hydrogens is 331 g/mol. The van der Waals surface area contributed by atoms with Gasteiger partial charge in [0, 0.05) is 55.4 Å². The minimum absolute atomic E-state index is 0.0635. The molecule has 0 aliphatic carbocycles. The molecule has 0 atom stereocenters. The Morgan fingerprint density at radius 1 is 1.04 bits per heavy atom. The van der Waals surface area contributed by atoms with E-state index in [9.17, 15) is 9.18 Å². The van der Waals surface area contributed by atoms with Crippen molar-refractivity contribution in [3.05, 3.63) is 60.4 Å². The predicted octanol–water partition coefficient (Wildman–Crippen LogP) is 3.52. The summed E-state index contributed by atoms with van der Waals surface area (Å²) >= 11 is 0. The van der Waals surface area contributed by atoms with E-state index in [2.05, 4.69) is 9.97 Å². The number of aromatic nitrogens is 3. The van der Waals surface area contributed by atoms with Crippen molar-refractivity contribution in [3.8, 4) is 22.5 Å². The molecule has 1 aliphatic heterocycles. The van der Waals surface area contributed by atoms with Crippen molar-refractivity contribution in [3.63, 3.8) is 0 Å². The molecule has 0 radical (unpaired) electrons. The zero-order chi connectivity index (χ0) is 18.1. The number of carbonyl (C=O) groups is 1. The smallest absolute Gasteiger partial charge is 0.270 e. The van der Waals surface area contributed by atoms with Crippen LogP contribution in [0.25, 0.3) is 22.5 Å². The lowest BCUT2D eigenvalue weighted by Crippen LogP contribution is -2.29. The van der Waals surface area contributed by atoms with Crippen molar-refractivity contribution in [1.29, 1.82) is 0 Å². The summed E-state index contributed by atoms with van der Waals surface area (Å²) < 4.78 is 15.2. The molecule has 0 unspecified atom stereocenters. The normalized spacial score (nSPS) is 14.0. The highest BCUT2D eigenvalue weighted by atomic mass is 19.1. The van der Waals surface area contributed by atoms with Gasteiger partial charge in [0.05, 0.1) is 0 Å². The van der Waals surface area contributed by atoms with E-state index >= 15 is 0 Å². The lowest BCUT2D eigenvalue weighted by Gasteiger charge is -2.15. The first-order chi connectivity index (χ1) is 12.6. The van der Waals surface area contributed by atoms with E-state index in [0.29, 0.717) is 17.1 Å². The fourth-order valence-corrected chi connectivity index (χ4v) is 3.27. The summed E-state index contributed by atoms with van der Waals surface area (Å²) in [6.07, 6.45) is 7.44. The largest absolute Gasteiger partial charge is 0.346 e. The van der Waals surface area contributed by atoms with E-state index < -0.39 is 0 Å². The molecule has 4 rings (SSSR count). The topological polar surface area (TPSA) is 51.0 Å². The Hall–Kier alpha value is -3.02. The molecule has 0 spiro atoms. The first-order valence-electron chi connectivity index (χ1n) is 8.66. The summed E-state index contributed by atoms with van der Waals surface area (Å²) in [6.45, 7) is 1.65. The van der Waals surface area contributed by atoms with Crippen LogP contribution in [-0.4, -0.2) is 38.4 Å². The molecule has 1 aliphatic rings. The minimum atomic E-state index is -0.316. The van der Waals surface area contributed by atoms with Crippen LogP contribution >= 0.6 is 0 Å². The maximum Gasteiger partial charge on any atom is 0.270 e. The third kappa shape index (κ3) is 3.10. The SMILES string of the molecule is Cn1cc(-c2cnc(-c3cccc(F)c3)nc2)cc1C(=O)N1CCCC1. The van der Waals surface area contributed by atoms with Crippen LogP contribution in [0.15, 0.2) is 48.9 Å². The van der Waals surface area contributed by atoms with Crippen LogP contribution in [0.3, 0.4) is 0 Å². The van der Waals surface area contributed by atoms with Crippen LogP contribution in [0.2, 0.25) is 0 Å². The van der Waals surface area contributed by atoms with Gasteiger partial charge in [-0.25, -0.2) is 14.4 Å². The van der Waals surface area contributed by atoms with E-state index in [-0.39, 0.29) is 11.7 Å². The van der Waals surface area contributed by atoms with E-state index in [1.165, 1.54) is 12.1 Å². The molecule has 3 heterocycles. The molecule has 26 heavy (non-hydrogen) atoms. The molecule has 1 aromatic carbocycles. The maximum absolute atomic E-state index is 13.4. The van der Waals surface area contributed by atoms with Gasteiger partial charge in [-0.2, -0.15) is 0 Å². The van der Waals surface area contributed by atoms with Crippen molar-refractivity contribution in [2.24, 2.45) is 7.05 Å². The average molecular weight is 350 g/mol. The van der Waals surface area contributed by atoms with Crippen molar-refractivity contribution < 1.29 is 9.18 Å². The second-order valence-electron chi connectivity index (χ2n) is 6.53. The highest BCUT2D eigenvalue weighted by Gasteiger charge is 2.22. The Bertz CT molecular complexity index is 943. The fourth-order valence-electron chi connectivity index (χ4n) is 3.27. The number of nitrogens with zero attached hydrogens (tertiary/aromatic N) is 4. The molecule has 5 nitrogen and oxygen atoms in total. The van der Waals surface area contributed by atoms with Crippen molar-refractivity contribution in [2.75, 3.05) is 13.1 Å². The third-order valence-corrected chi connectivity index (χ3v) is 4.69. The first kappa shape index (κ1) is 16.4. The van der Waals surface area contributed by atoms with Gasteiger partial charge < -0.3 is 9.47 Å². The van der Waals surface area contributed by atoms with E-state index in [1.54, 1.807) is 24.5 Å².